The summed E-state index contributed by atoms with van der Waals surface area (Å²) in [5.41, 5.74) is -0.725. The Bertz CT molecular complexity index is 1110. The highest BCUT2D eigenvalue weighted by Gasteiger charge is 2.28. The first-order valence-corrected chi connectivity index (χ1v) is 8.20. The summed E-state index contributed by atoms with van der Waals surface area (Å²) < 4.78 is 1.98. The van der Waals surface area contributed by atoms with Gasteiger partial charge in [-0.15, -0.1) is 0 Å². The van der Waals surface area contributed by atoms with E-state index in [2.05, 4.69) is 0 Å². The van der Waals surface area contributed by atoms with Gasteiger partial charge in [0, 0.05) is 23.6 Å². The largest absolute Gasteiger partial charge is 0.347 e. The van der Waals surface area contributed by atoms with E-state index in [0.29, 0.717) is 6.54 Å². The summed E-state index contributed by atoms with van der Waals surface area (Å²) in [6.45, 7) is 2.66. The summed E-state index contributed by atoms with van der Waals surface area (Å²) in [6.07, 6.45) is 4.63. The van der Waals surface area contributed by atoms with Crippen molar-refractivity contribution in [2.75, 3.05) is 0 Å². The van der Waals surface area contributed by atoms with Gasteiger partial charge in [0.2, 0.25) is 0 Å². The molecule has 3 rings (SSSR count). The maximum absolute atomic E-state index is 11.4. The van der Waals surface area contributed by atoms with E-state index in [4.69, 9.17) is 0 Å². The van der Waals surface area contributed by atoms with Crippen molar-refractivity contribution in [2.24, 2.45) is 0 Å². The van der Waals surface area contributed by atoms with Crippen molar-refractivity contribution in [2.45, 2.75) is 13.5 Å². The number of non-ortho nitro benzene ring substituents is 1. The standard InChI is InChI=1S/C18H14N4O6/c1-2-19-11-12(14-5-3-4-6-16(14)19)7-8-15-17(21(25)26)9-13(20(23)24)10-18(15)22(27)28/h3-11H,2H2,1H3. The van der Waals surface area contributed by atoms with E-state index in [1.807, 2.05) is 42.0 Å². The number of nitro benzene ring substituents is 3. The van der Waals surface area contributed by atoms with Crippen molar-refractivity contribution in [3.05, 3.63) is 84.1 Å². The summed E-state index contributed by atoms with van der Waals surface area (Å²) >= 11 is 0. The summed E-state index contributed by atoms with van der Waals surface area (Å²) in [5, 5.41) is 34.6. The number of aryl methyl sites for hydroxylation is 1. The van der Waals surface area contributed by atoms with Gasteiger partial charge in [-0.25, -0.2) is 0 Å². The number of benzene rings is 2. The molecule has 0 aliphatic heterocycles. The first-order valence-electron chi connectivity index (χ1n) is 8.20. The number of nitrogens with zero attached hydrogens (tertiary/aromatic N) is 4. The fourth-order valence-corrected chi connectivity index (χ4v) is 3.03. The van der Waals surface area contributed by atoms with Crippen molar-refractivity contribution in [3.8, 4) is 0 Å². The Labute approximate surface area is 157 Å². The van der Waals surface area contributed by atoms with Gasteiger partial charge in [0.1, 0.15) is 5.56 Å². The first kappa shape index (κ1) is 18.7. The normalized spacial score (nSPS) is 11.2. The molecule has 3 aromatic rings. The molecule has 0 aliphatic rings. The van der Waals surface area contributed by atoms with Crippen LogP contribution in [-0.4, -0.2) is 19.3 Å². The lowest BCUT2D eigenvalue weighted by molar-refractivity contribution is -0.403. The topological polar surface area (TPSA) is 134 Å². The fraction of sp³-hybridized carbons (Fsp3) is 0.111. The Balaban J connectivity index is 2.20. The lowest BCUT2D eigenvalue weighted by atomic mass is 10.1. The highest BCUT2D eigenvalue weighted by molar-refractivity contribution is 5.93. The summed E-state index contributed by atoms with van der Waals surface area (Å²) in [7, 11) is 0. The number of fused-ring (bicyclic) bond motifs is 1. The van der Waals surface area contributed by atoms with Gasteiger partial charge in [0.25, 0.3) is 17.1 Å². The third-order valence-corrected chi connectivity index (χ3v) is 4.31. The quantitative estimate of drug-likeness (QED) is 0.453. The van der Waals surface area contributed by atoms with E-state index >= 15 is 0 Å². The van der Waals surface area contributed by atoms with Crippen LogP contribution >= 0.6 is 0 Å². The molecule has 0 amide bonds. The zero-order valence-corrected chi connectivity index (χ0v) is 14.6. The molecular weight excluding hydrogens is 368 g/mol. The van der Waals surface area contributed by atoms with Crippen molar-refractivity contribution < 1.29 is 14.8 Å². The zero-order chi connectivity index (χ0) is 20.4. The lowest BCUT2D eigenvalue weighted by Crippen LogP contribution is -2.00. The lowest BCUT2D eigenvalue weighted by Gasteiger charge is -2.01. The molecule has 0 fully saturated rings. The third kappa shape index (κ3) is 3.30. The Morgan fingerprint density at radius 3 is 2.07 bits per heavy atom. The zero-order valence-electron chi connectivity index (χ0n) is 14.6. The number of rotatable bonds is 6. The van der Waals surface area contributed by atoms with E-state index in [0.717, 1.165) is 28.6 Å². The molecule has 0 unspecified atom stereocenters. The van der Waals surface area contributed by atoms with Crippen LogP contribution in [-0.2, 0) is 6.54 Å². The predicted molar refractivity (Wildman–Crippen MR) is 103 cm³/mol. The van der Waals surface area contributed by atoms with E-state index in [-0.39, 0.29) is 5.56 Å². The van der Waals surface area contributed by atoms with Gasteiger partial charge >= 0.3 is 0 Å². The van der Waals surface area contributed by atoms with Gasteiger partial charge in [-0.3, -0.25) is 30.3 Å². The maximum Gasteiger partial charge on any atom is 0.290 e. The molecular formula is C18H14N4O6. The van der Waals surface area contributed by atoms with E-state index in [1.54, 1.807) is 0 Å². The SMILES string of the molecule is CCn1cc(C=Cc2c([N+](=O)[O-])cc([N+](=O)[O-])cc2[N+](=O)[O-])c2ccccc21. The average Bonchev–Trinajstić information content (AvgIpc) is 3.03. The van der Waals surface area contributed by atoms with Crippen molar-refractivity contribution in [1.29, 1.82) is 0 Å². The van der Waals surface area contributed by atoms with E-state index < -0.39 is 31.8 Å². The molecule has 0 spiro atoms. The second kappa shape index (κ2) is 7.27. The highest BCUT2D eigenvalue weighted by atomic mass is 16.6. The number of hydrogen-bond donors (Lipinski definition) is 0. The highest BCUT2D eigenvalue weighted by Crippen LogP contribution is 2.35. The van der Waals surface area contributed by atoms with Gasteiger partial charge in [-0.2, -0.15) is 0 Å². The molecule has 142 valence electrons. The molecule has 0 saturated carbocycles. The Kier molecular flexibility index (Phi) is 4.86. The molecule has 0 N–H and O–H groups in total. The van der Waals surface area contributed by atoms with Crippen LogP contribution in [0, 0.1) is 30.3 Å². The average molecular weight is 382 g/mol. The van der Waals surface area contributed by atoms with Gasteiger partial charge in [0.05, 0.1) is 26.9 Å². The minimum absolute atomic E-state index is 0.297. The second-order valence-corrected chi connectivity index (χ2v) is 5.89. The van der Waals surface area contributed by atoms with Crippen LogP contribution in [0.1, 0.15) is 18.1 Å². The molecule has 0 bridgehead atoms. The van der Waals surface area contributed by atoms with Crippen molar-refractivity contribution in [1.82, 2.24) is 4.57 Å². The minimum atomic E-state index is -0.900. The van der Waals surface area contributed by atoms with Gasteiger partial charge < -0.3 is 4.57 Å². The van der Waals surface area contributed by atoms with Gasteiger partial charge in [0.15, 0.2) is 0 Å². The molecule has 0 atom stereocenters. The predicted octanol–water partition coefficient (Wildman–Crippen LogP) is 4.56. The molecule has 0 saturated heterocycles. The van der Waals surface area contributed by atoms with E-state index in [9.17, 15) is 30.3 Å². The van der Waals surface area contributed by atoms with Crippen molar-refractivity contribution in [3.63, 3.8) is 0 Å². The molecule has 28 heavy (non-hydrogen) atoms. The van der Waals surface area contributed by atoms with Crippen LogP contribution in [0.15, 0.2) is 42.6 Å². The van der Waals surface area contributed by atoms with Crippen LogP contribution in [0.2, 0.25) is 0 Å². The molecule has 0 aliphatic carbocycles. The number of aromatic nitrogens is 1. The Hall–Kier alpha value is -4.08. The van der Waals surface area contributed by atoms with Crippen LogP contribution in [0.3, 0.4) is 0 Å². The molecule has 1 aromatic heterocycles. The molecule has 0 radical (unpaired) electrons. The Morgan fingerprint density at radius 2 is 1.54 bits per heavy atom. The van der Waals surface area contributed by atoms with Gasteiger partial charge in [-0.1, -0.05) is 24.3 Å². The molecule has 1 heterocycles. The number of para-hydroxylation sites is 1. The van der Waals surface area contributed by atoms with Gasteiger partial charge in [-0.05, 0) is 24.6 Å². The van der Waals surface area contributed by atoms with Crippen LogP contribution < -0.4 is 0 Å². The van der Waals surface area contributed by atoms with Crippen molar-refractivity contribution >= 4 is 40.1 Å². The summed E-state index contributed by atoms with van der Waals surface area (Å²) in [5.74, 6) is 0. The number of nitro groups is 3. The maximum atomic E-state index is 11.4. The van der Waals surface area contributed by atoms with Crippen LogP contribution in [0.25, 0.3) is 23.1 Å². The molecule has 10 heteroatoms. The summed E-state index contributed by atoms with van der Waals surface area (Å²) in [6, 6.07) is 8.97. The monoisotopic (exact) mass is 382 g/mol. The Morgan fingerprint density at radius 1 is 0.929 bits per heavy atom. The molecule has 10 nitrogen and oxygen atoms in total. The minimum Gasteiger partial charge on any atom is -0.347 e. The first-order chi connectivity index (χ1) is 13.3. The van der Waals surface area contributed by atoms with Crippen LogP contribution in [0.4, 0.5) is 17.1 Å². The smallest absolute Gasteiger partial charge is 0.290 e. The van der Waals surface area contributed by atoms with E-state index in [1.165, 1.54) is 12.2 Å². The summed E-state index contributed by atoms with van der Waals surface area (Å²) in [4.78, 5) is 31.1. The fourth-order valence-electron chi connectivity index (χ4n) is 3.03. The third-order valence-electron chi connectivity index (χ3n) is 4.31. The van der Waals surface area contributed by atoms with Crippen LogP contribution in [0.5, 0.6) is 0 Å². The second-order valence-electron chi connectivity index (χ2n) is 5.89. The molecule has 2 aromatic carbocycles. The number of hydrogen-bond acceptors (Lipinski definition) is 6.